The van der Waals surface area contributed by atoms with Crippen LogP contribution >= 0.6 is 0 Å². The molecule has 1 aliphatic rings. The van der Waals surface area contributed by atoms with E-state index >= 15 is 0 Å². The van der Waals surface area contributed by atoms with Crippen molar-refractivity contribution >= 4 is 0 Å². The molecule has 0 amide bonds. The van der Waals surface area contributed by atoms with Gasteiger partial charge in [-0.25, -0.2) is 9.97 Å². The third kappa shape index (κ3) is 4.35. The van der Waals surface area contributed by atoms with Crippen LogP contribution in [0.1, 0.15) is 38.4 Å². The highest BCUT2D eigenvalue weighted by atomic mass is 15.2. The van der Waals surface area contributed by atoms with Crippen LogP contribution in [0.3, 0.4) is 0 Å². The van der Waals surface area contributed by atoms with E-state index < -0.39 is 0 Å². The van der Waals surface area contributed by atoms with Gasteiger partial charge in [-0.1, -0.05) is 6.42 Å². The number of rotatable bonds is 6. The van der Waals surface area contributed by atoms with E-state index in [0.29, 0.717) is 0 Å². The first-order valence-electron chi connectivity index (χ1n) is 7.07. The summed E-state index contributed by atoms with van der Waals surface area (Å²) in [6.07, 6.45) is 8.93. The van der Waals surface area contributed by atoms with E-state index in [2.05, 4.69) is 27.1 Å². The Bertz CT molecular complexity index is 328. The minimum absolute atomic E-state index is 0.774. The third-order valence-corrected chi connectivity index (χ3v) is 3.64. The monoisotopic (exact) mass is 248 g/mol. The molecule has 100 valence electrons. The molecule has 1 saturated heterocycles. The number of nitrogens with zero attached hydrogens (tertiary/aromatic N) is 3. The average molecular weight is 248 g/mol. The lowest BCUT2D eigenvalue weighted by atomic mass is 10.0. The van der Waals surface area contributed by atoms with Gasteiger partial charge in [-0.05, 0) is 51.9 Å². The van der Waals surface area contributed by atoms with Gasteiger partial charge in [0, 0.05) is 18.4 Å². The van der Waals surface area contributed by atoms with E-state index in [1.807, 2.05) is 6.07 Å². The maximum absolute atomic E-state index is 4.19. The highest BCUT2D eigenvalue weighted by Crippen LogP contribution is 2.15. The molecular formula is C14H24N4. The van der Waals surface area contributed by atoms with Crippen LogP contribution in [0.4, 0.5) is 0 Å². The number of likely N-dealkylation sites (tertiary alicyclic amines) is 1. The van der Waals surface area contributed by atoms with Gasteiger partial charge in [-0.3, -0.25) is 0 Å². The van der Waals surface area contributed by atoms with Gasteiger partial charge in [-0.15, -0.1) is 0 Å². The van der Waals surface area contributed by atoms with E-state index in [4.69, 9.17) is 0 Å². The first-order valence-corrected chi connectivity index (χ1v) is 7.07. The molecule has 2 heterocycles. The van der Waals surface area contributed by atoms with Crippen molar-refractivity contribution in [2.45, 2.75) is 45.2 Å². The normalized spacial score (nSPS) is 21.1. The van der Waals surface area contributed by atoms with Crippen molar-refractivity contribution in [3.8, 4) is 0 Å². The smallest absolute Gasteiger partial charge is 0.141 e. The summed E-state index contributed by atoms with van der Waals surface area (Å²) < 4.78 is 0. The lowest BCUT2D eigenvalue weighted by Gasteiger charge is -2.33. The number of piperidine rings is 1. The van der Waals surface area contributed by atoms with E-state index in [9.17, 15) is 0 Å². The van der Waals surface area contributed by atoms with Crippen molar-refractivity contribution in [1.82, 2.24) is 20.2 Å². The third-order valence-electron chi connectivity index (χ3n) is 3.64. The van der Waals surface area contributed by atoms with Gasteiger partial charge in [0.25, 0.3) is 0 Å². The summed E-state index contributed by atoms with van der Waals surface area (Å²) in [7, 11) is 0. The van der Waals surface area contributed by atoms with E-state index in [1.165, 1.54) is 38.8 Å². The molecule has 0 bridgehead atoms. The minimum atomic E-state index is 0.774. The molecule has 1 fully saturated rings. The molecule has 1 aliphatic heterocycles. The van der Waals surface area contributed by atoms with Gasteiger partial charge in [-0.2, -0.15) is 0 Å². The Morgan fingerprint density at radius 1 is 1.33 bits per heavy atom. The summed E-state index contributed by atoms with van der Waals surface area (Å²) >= 11 is 0. The van der Waals surface area contributed by atoms with Crippen LogP contribution < -0.4 is 5.32 Å². The molecule has 0 aromatic carbocycles. The highest BCUT2D eigenvalue weighted by Gasteiger charge is 2.16. The molecule has 1 unspecified atom stereocenters. The van der Waals surface area contributed by atoms with Crippen LogP contribution in [-0.2, 0) is 6.54 Å². The standard InChI is InChI=1S/C14H24N4/c1-13-6-2-3-10-18(13)11-5-7-15-12-14-16-8-4-9-17-14/h4,8-9,13,15H,2-3,5-7,10-12H2,1H3. The predicted octanol–water partition coefficient (Wildman–Crippen LogP) is 1.83. The zero-order valence-corrected chi connectivity index (χ0v) is 11.3. The van der Waals surface area contributed by atoms with E-state index in [1.54, 1.807) is 12.4 Å². The molecule has 0 radical (unpaired) electrons. The Hall–Kier alpha value is -1.00. The molecule has 0 spiro atoms. The zero-order valence-electron chi connectivity index (χ0n) is 11.3. The number of hydrogen-bond acceptors (Lipinski definition) is 4. The Kier molecular flexibility index (Phi) is 5.55. The van der Waals surface area contributed by atoms with Crippen LogP contribution in [0.25, 0.3) is 0 Å². The Labute approximate surface area is 110 Å². The second-order valence-corrected chi connectivity index (χ2v) is 5.08. The van der Waals surface area contributed by atoms with Crippen molar-refractivity contribution in [3.63, 3.8) is 0 Å². The summed E-state index contributed by atoms with van der Waals surface area (Å²) in [5.74, 6) is 0.879. The zero-order chi connectivity index (χ0) is 12.6. The maximum atomic E-state index is 4.19. The topological polar surface area (TPSA) is 41.0 Å². The quantitative estimate of drug-likeness (QED) is 0.780. The fourth-order valence-electron chi connectivity index (χ4n) is 2.52. The summed E-state index contributed by atoms with van der Waals surface area (Å²) in [6, 6.07) is 2.62. The molecule has 0 saturated carbocycles. The van der Waals surface area contributed by atoms with Crippen molar-refractivity contribution < 1.29 is 0 Å². The molecule has 1 aromatic heterocycles. The lowest BCUT2D eigenvalue weighted by Crippen LogP contribution is -2.38. The summed E-state index contributed by atoms with van der Waals surface area (Å²) in [5, 5.41) is 3.40. The van der Waals surface area contributed by atoms with Gasteiger partial charge in [0.1, 0.15) is 5.82 Å². The molecule has 18 heavy (non-hydrogen) atoms. The van der Waals surface area contributed by atoms with Gasteiger partial charge in [0.15, 0.2) is 0 Å². The first kappa shape index (κ1) is 13.4. The van der Waals surface area contributed by atoms with Gasteiger partial charge < -0.3 is 10.2 Å². The van der Waals surface area contributed by atoms with Crippen LogP contribution in [-0.4, -0.2) is 40.5 Å². The lowest BCUT2D eigenvalue weighted by molar-refractivity contribution is 0.159. The maximum Gasteiger partial charge on any atom is 0.141 e. The van der Waals surface area contributed by atoms with E-state index in [-0.39, 0.29) is 0 Å². The number of aromatic nitrogens is 2. The Balaban J connectivity index is 1.56. The molecule has 1 atom stereocenters. The molecular weight excluding hydrogens is 224 g/mol. The van der Waals surface area contributed by atoms with Gasteiger partial charge >= 0.3 is 0 Å². The summed E-state index contributed by atoms with van der Waals surface area (Å²) in [5.41, 5.74) is 0. The van der Waals surface area contributed by atoms with E-state index in [0.717, 1.165) is 25.0 Å². The first-order chi connectivity index (χ1) is 8.86. The second-order valence-electron chi connectivity index (χ2n) is 5.08. The molecule has 4 nitrogen and oxygen atoms in total. The molecule has 1 aromatic rings. The van der Waals surface area contributed by atoms with Crippen LogP contribution in [0, 0.1) is 0 Å². The van der Waals surface area contributed by atoms with Gasteiger partial charge in [0.05, 0.1) is 6.54 Å². The van der Waals surface area contributed by atoms with Crippen LogP contribution in [0.15, 0.2) is 18.5 Å². The largest absolute Gasteiger partial charge is 0.310 e. The van der Waals surface area contributed by atoms with Gasteiger partial charge in [0.2, 0.25) is 0 Å². The fourth-order valence-corrected chi connectivity index (χ4v) is 2.52. The molecule has 4 heteroatoms. The molecule has 2 rings (SSSR count). The molecule has 1 N–H and O–H groups in total. The number of nitrogens with one attached hydrogen (secondary N) is 1. The average Bonchev–Trinajstić information content (AvgIpc) is 2.42. The van der Waals surface area contributed by atoms with Crippen LogP contribution in [0.2, 0.25) is 0 Å². The summed E-state index contributed by atoms with van der Waals surface area (Å²) in [4.78, 5) is 11.0. The minimum Gasteiger partial charge on any atom is -0.310 e. The van der Waals surface area contributed by atoms with Crippen molar-refractivity contribution in [2.75, 3.05) is 19.6 Å². The molecule has 0 aliphatic carbocycles. The number of hydrogen-bond donors (Lipinski definition) is 1. The predicted molar refractivity (Wildman–Crippen MR) is 73.2 cm³/mol. The Morgan fingerprint density at radius 3 is 2.94 bits per heavy atom. The van der Waals surface area contributed by atoms with Crippen molar-refractivity contribution in [3.05, 3.63) is 24.3 Å². The second kappa shape index (κ2) is 7.44. The van der Waals surface area contributed by atoms with Crippen molar-refractivity contribution in [2.24, 2.45) is 0 Å². The fraction of sp³-hybridized carbons (Fsp3) is 0.714. The highest BCUT2D eigenvalue weighted by molar-refractivity contribution is 4.87. The summed E-state index contributed by atoms with van der Waals surface area (Å²) in [6.45, 7) is 6.66. The SMILES string of the molecule is CC1CCCCN1CCCNCc1ncccn1. The Morgan fingerprint density at radius 2 is 2.17 bits per heavy atom. The van der Waals surface area contributed by atoms with Crippen molar-refractivity contribution in [1.29, 1.82) is 0 Å². The van der Waals surface area contributed by atoms with Crippen LogP contribution in [0.5, 0.6) is 0 Å².